The van der Waals surface area contributed by atoms with Gasteiger partial charge in [-0.2, -0.15) is 0 Å². The first-order chi connectivity index (χ1) is 11.5. The molecule has 7 nitrogen and oxygen atoms in total. The van der Waals surface area contributed by atoms with E-state index in [0.29, 0.717) is 11.3 Å². The molecule has 2 rings (SSSR count). The molecule has 1 aromatic carbocycles. The molecule has 0 aliphatic rings. The maximum Gasteiger partial charge on any atom is 0.330 e. The van der Waals surface area contributed by atoms with E-state index in [0.717, 1.165) is 0 Å². The van der Waals surface area contributed by atoms with Crippen molar-refractivity contribution in [3.05, 3.63) is 60.1 Å². The summed E-state index contributed by atoms with van der Waals surface area (Å²) in [5.74, 6) is -0.0691. The van der Waals surface area contributed by atoms with Crippen molar-refractivity contribution in [1.82, 2.24) is 4.72 Å². The first-order valence-electron chi connectivity index (χ1n) is 7.09. The first-order valence-corrected chi connectivity index (χ1v) is 8.57. The number of rotatable bonds is 8. The number of nitrogens with one attached hydrogen (secondary N) is 1. The van der Waals surface area contributed by atoms with Gasteiger partial charge in [0.1, 0.15) is 12.4 Å². The van der Waals surface area contributed by atoms with Crippen molar-refractivity contribution in [1.29, 1.82) is 0 Å². The summed E-state index contributed by atoms with van der Waals surface area (Å²) < 4.78 is 36.5. The van der Waals surface area contributed by atoms with Crippen molar-refractivity contribution in [3.8, 4) is 0 Å². The molecular formula is C16H17NO6S. The van der Waals surface area contributed by atoms with Crippen LogP contribution in [0.2, 0.25) is 0 Å². The van der Waals surface area contributed by atoms with E-state index in [9.17, 15) is 13.2 Å². The number of aliphatic hydroxyl groups excluding tert-OH is 1. The number of carbonyl (C=O) groups is 1. The van der Waals surface area contributed by atoms with E-state index < -0.39 is 16.0 Å². The number of sulfonamides is 1. The first kappa shape index (κ1) is 17.9. The third-order valence-electron chi connectivity index (χ3n) is 2.95. The van der Waals surface area contributed by atoms with Crippen molar-refractivity contribution in [2.24, 2.45) is 0 Å². The lowest BCUT2D eigenvalue weighted by Crippen LogP contribution is -2.22. The molecule has 1 aromatic heterocycles. The van der Waals surface area contributed by atoms with Crippen LogP contribution in [0.5, 0.6) is 0 Å². The van der Waals surface area contributed by atoms with E-state index in [1.807, 2.05) is 0 Å². The molecule has 0 amide bonds. The number of ether oxygens (including phenoxy) is 1. The molecule has 0 saturated heterocycles. The topological polar surface area (TPSA) is 106 Å². The highest BCUT2D eigenvalue weighted by molar-refractivity contribution is 7.89. The smallest absolute Gasteiger partial charge is 0.330 e. The van der Waals surface area contributed by atoms with Crippen LogP contribution in [0.25, 0.3) is 6.08 Å². The van der Waals surface area contributed by atoms with Crippen molar-refractivity contribution in [2.45, 2.75) is 11.4 Å². The molecule has 0 saturated carbocycles. The quantitative estimate of drug-likeness (QED) is 0.549. The van der Waals surface area contributed by atoms with Crippen molar-refractivity contribution in [3.63, 3.8) is 0 Å². The minimum absolute atomic E-state index is 0.0632. The van der Waals surface area contributed by atoms with Gasteiger partial charge in [-0.05, 0) is 35.9 Å². The number of carbonyl (C=O) groups excluding carboxylic acids is 1. The molecule has 128 valence electrons. The average Bonchev–Trinajstić information content (AvgIpc) is 3.10. The molecule has 0 aliphatic carbocycles. The molecule has 0 aliphatic heterocycles. The normalized spacial score (nSPS) is 11.7. The van der Waals surface area contributed by atoms with Crippen LogP contribution in [0.1, 0.15) is 11.3 Å². The number of esters is 1. The molecule has 0 bridgehead atoms. The third-order valence-corrected chi connectivity index (χ3v) is 4.37. The molecule has 0 fully saturated rings. The van der Waals surface area contributed by atoms with Gasteiger partial charge in [0.25, 0.3) is 0 Å². The Bertz CT molecular complexity index is 778. The maximum absolute atomic E-state index is 12.2. The van der Waals surface area contributed by atoms with E-state index in [1.54, 1.807) is 24.3 Å². The average molecular weight is 351 g/mol. The van der Waals surface area contributed by atoms with Gasteiger partial charge < -0.3 is 14.3 Å². The third kappa shape index (κ3) is 5.34. The largest absolute Gasteiger partial charge is 0.468 e. The van der Waals surface area contributed by atoms with Crippen LogP contribution in [0.3, 0.4) is 0 Å². The van der Waals surface area contributed by atoms with Crippen molar-refractivity contribution < 1.29 is 27.5 Å². The Morgan fingerprint density at radius 2 is 2.00 bits per heavy atom. The Morgan fingerprint density at radius 1 is 1.25 bits per heavy atom. The van der Waals surface area contributed by atoms with E-state index in [-0.39, 0.29) is 24.7 Å². The van der Waals surface area contributed by atoms with E-state index in [4.69, 9.17) is 9.52 Å². The van der Waals surface area contributed by atoms with Gasteiger partial charge in [-0.15, -0.1) is 0 Å². The summed E-state index contributed by atoms with van der Waals surface area (Å²) in [6.45, 7) is -0.244. The summed E-state index contributed by atoms with van der Waals surface area (Å²) in [5.41, 5.74) is 0.640. The van der Waals surface area contributed by atoms with Gasteiger partial charge in [-0.25, -0.2) is 17.9 Å². The predicted molar refractivity (Wildman–Crippen MR) is 86.3 cm³/mol. The molecule has 0 radical (unpaired) electrons. The molecule has 1 heterocycles. The zero-order valence-corrected chi connectivity index (χ0v) is 13.5. The molecule has 0 atom stereocenters. The minimum Gasteiger partial charge on any atom is -0.468 e. The van der Waals surface area contributed by atoms with E-state index in [1.165, 1.54) is 30.5 Å². The predicted octanol–water partition coefficient (Wildman–Crippen LogP) is 1.31. The Labute approximate surface area is 139 Å². The van der Waals surface area contributed by atoms with Gasteiger partial charge in [0.2, 0.25) is 10.0 Å². The van der Waals surface area contributed by atoms with Crippen LogP contribution in [0, 0.1) is 0 Å². The molecule has 24 heavy (non-hydrogen) atoms. The molecular weight excluding hydrogens is 334 g/mol. The van der Waals surface area contributed by atoms with Crippen LogP contribution in [-0.4, -0.2) is 32.7 Å². The van der Waals surface area contributed by atoms with Crippen LogP contribution in [0.4, 0.5) is 0 Å². The Morgan fingerprint density at radius 3 is 2.62 bits per heavy atom. The summed E-state index contributed by atoms with van der Waals surface area (Å²) in [7, 11) is -3.65. The molecule has 2 aromatic rings. The van der Waals surface area contributed by atoms with Crippen molar-refractivity contribution >= 4 is 22.1 Å². The van der Waals surface area contributed by atoms with Crippen LogP contribution >= 0.6 is 0 Å². The zero-order valence-electron chi connectivity index (χ0n) is 12.7. The van der Waals surface area contributed by atoms with Gasteiger partial charge >= 0.3 is 5.97 Å². The zero-order chi connectivity index (χ0) is 17.4. The van der Waals surface area contributed by atoms with Gasteiger partial charge in [-0.1, -0.05) is 12.1 Å². The fourth-order valence-electron chi connectivity index (χ4n) is 1.78. The second-order valence-corrected chi connectivity index (χ2v) is 6.46. The van der Waals surface area contributed by atoms with Gasteiger partial charge in [-0.3, -0.25) is 0 Å². The fraction of sp³-hybridized carbons (Fsp3) is 0.188. The lowest BCUT2D eigenvalue weighted by atomic mass is 10.2. The summed E-state index contributed by atoms with van der Waals surface area (Å²) in [4.78, 5) is 11.4. The second-order valence-electron chi connectivity index (χ2n) is 4.70. The van der Waals surface area contributed by atoms with Gasteiger partial charge in [0.15, 0.2) is 0 Å². The van der Waals surface area contributed by atoms with Crippen LogP contribution in [0.15, 0.2) is 58.1 Å². The van der Waals surface area contributed by atoms with Crippen LogP contribution in [-0.2, 0) is 26.1 Å². The number of benzene rings is 1. The van der Waals surface area contributed by atoms with Gasteiger partial charge in [0, 0.05) is 6.08 Å². The fourth-order valence-corrected chi connectivity index (χ4v) is 2.77. The molecule has 2 N–H and O–H groups in total. The van der Waals surface area contributed by atoms with E-state index in [2.05, 4.69) is 9.46 Å². The van der Waals surface area contributed by atoms with Crippen LogP contribution < -0.4 is 4.72 Å². The lowest BCUT2D eigenvalue weighted by molar-refractivity contribution is -0.138. The Balaban J connectivity index is 1.97. The second kappa shape index (κ2) is 8.44. The molecule has 8 heteroatoms. The monoisotopic (exact) mass is 351 g/mol. The highest BCUT2D eigenvalue weighted by Gasteiger charge is 2.13. The summed E-state index contributed by atoms with van der Waals surface area (Å²) in [5, 5.41) is 8.54. The molecule has 0 spiro atoms. The maximum atomic E-state index is 12.2. The summed E-state index contributed by atoms with van der Waals surface area (Å²) in [6.07, 6.45) is 4.16. The lowest BCUT2D eigenvalue weighted by Gasteiger charge is -2.05. The van der Waals surface area contributed by atoms with Gasteiger partial charge in [0.05, 0.1) is 24.3 Å². The number of aliphatic hydroxyl groups is 1. The number of furan rings is 1. The Hall–Kier alpha value is -2.42. The van der Waals surface area contributed by atoms with Crippen molar-refractivity contribution in [2.75, 3.05) is 13.2 Å². The molecule has 0 unspecified atom stereocenters. The Kier molecular flexibility index (Phi) is 6.30. The number of hydrogen-bond donors (Lipinski definition) is 2. The highest BCUT2D eigenvalue weighted by Crippen LogP contribution is 2.12. The minimum atomic E-state index is -3.65. The standard InChI is InChI=1S/C16H17NO6S/c18-9-11-23-16(19)8-5-13-3-6-15(7-4-13)24(20,21)17-12-14-2-1-10-22-14/h1-8,10,17-18H,9,11-12H2. The number of hydrogen-bond acceptors (Lipinski definition) is 6. The summed E-state index contributed by atoms with van der Waals surface area (Å²) >= 11 is 0. The summed E-state index contributed by atoms with van der Waals surface area (Å²) in [6, 6.07) is 9.35. The SMILES string of the molecule is O=C(C=Cc1ccc(S(=O)(=O)NCc2ccco2)cc1)OCCO. The highest BCUT2D eigenvalue weighted by atomic mass is 32.2. The van der Waals surface area contributed by atoms with E-state index >= 15 is 0 Å².